The molecule has 0 bridgehead atoms. The van der Waals surface area contributed by atoms with Gasteiger partial charge in [0.2, 0.25) is 0 Å². The van der Waals surface area contributed by atoms with Crippen molar-refractivity contribution >= 4 is 33.4 Å². The topological polar surface area (TPSA) is 54.9 Å². The molecule has 1 amide bonds. The fourth-order valence-corrected chi connectivity index (χ4v) is 4.09. The van der Waals surface area contributed by atoms with Crippen molar-refractivity contribution in [2.75, 3.05) is 6.54 Å². The molecule has 1 fully saturated rings. The van der Waals surface area contributed by atoms with Crippen LogP contribution in [0, 0.1) is 5.92 Å². The Balaban J connectivity index is 1.97. The predicted octanol–water partition coefficient (Wildman–Crippen LogP) is 3.52. The van der Waals surface area contributed by atoms with Gasteiger partial charge in [0.1, 0.15) is 4.88 Å². The van der Waals surface area contributed by atoms with E-state index in [0.717, 1.165) is 12.2 Å². The SMILES string of the molecule is CC(C)(C)c1nnsc1C(=O)NCC1CCCCC1Br. The standard InChI is InChI=1S/C14H22BrN3OS/c1-14(2,3)12-11(20-18-17-12)13(19)16-8-9-6-4-5-7-10(9)15/h9-10H,4-8H2,1-3H3,(H,16,19). The lowest BCUT2D eigenvalue weighted by atomic mass is 9.89. The monoisotopic (exact) mass is 359 g/mol. The van der Waals surface area contributed by atoms with Crippen LogP contribution in [0.3, 0.4) is 0 Å². The van der Waals surface area contributed by atoms with Crippen molar-refractivity contribution in [1.29, 1.82) is 0 Å². The number of halogens is 1. The van der Waals surface area contributed by atoms with Crippen molar-refractivity contribution in [2.24, 2.45) is 5.92 Å². The average molecular weight is 360 g/mol. The lowest BCUT2D eigenvalue weighted by molar-refractivity contribution is 0.0946. The van der Waals surface area contributed by atoms with Gasteiger partial charge in [-0.2, -0.15) is 0 Å². The Hall–Kier alpha value is -0.490. The molecule has 1 aliphatic carbocycles. The Kier molecular flexibility index (Phi) is 5.18. The number of amides is 1. The molecule has 4 nitrogen and oxygen atoms in total. The first-order valence-corrected chi connectivity index (χ1v) is 8.83. The number of nitrogens with one attached hydrogen (secondary N) is 1. The molecule has 1 saturated carbocycles. The molecule has 0 radical (unpaired) electrons. The number of hydrogen-bond acceptors (Lipinski definition) is 4. The van der Waals surface area contributed by atoms with E-state index in [0.29, 0.717) is 15.6 Å². The lowest BCUT2D eigenvalue weighted by Crippen LogP contribution is -2.35. The van der Waals surface area contributed by atoms with Gasteiger partial charge in [-0.25, -0.2) is 0 Å². The molecule has 112 valence electrons. The van der Waals surface area contributed by atoms with E-state index < -0.39 is 0 Å². The summed E-state index contributed by atoms with van der Waals surface area (Å²) in [5, 5.41) is 7.18. The molecule has 2 rings (SSSR count). The van der Waals surface area contributed by atoms with Gasteiger partial charge in [-0.15, -0.1) is 5.10 Å². The quantitative estimate of drug-likeness (QED) is 0.839. The van der Waals surface area contributed by atoms with Crippen LogP contribution in [0.15, 0.2) is 0 Å². The maximum absolute atomic E-state index is 12.3. The second kappa shape index (κ2) is 6.52. The molecule has 1 N–H and O–H groups in total. The summed E-state index contributed by atoms with van der Waals surface area (Å²) >= 11 is 4.91. The highest BCUT2D eigenvalue weighted by Crippen LogP contribution is 2.30. The van der Waals surface area contributed by atoms with E-state index in [9.17, 15) is 4.79 Å². The first kappa shape index (κ1) is 15.9. The molecule has 1 aliphatic rings. The first-order chi connectivity index (χ1) is 9.39. The fourth-order valence-electron chi connectivity index (χ4n) is 2.53. The van der Waals surface area contributed by atoms with E-state index in [1.165, 1.54) is 37.2 Å². The summed E-state index contributed by atoms with van der Waals surface area (Å²) in [5.41, 5.74) is 0.640. The van der Waals surface area contributed by atoms with Crippen LogP contribution in [0.1, 0.15) is 61.8 Å². The molecule has 6 heteroatoms. The second-order valence-electron chi connectivity index (χ2n) is 6.47. The average Bonchev–Trinajstić information content (AvgIpc) is 2.86. The van der Waals surface area contributed by atoms with Gasteiger partial charge in [0.05, 0.1) is 5.69 Å². The summed E-state index contributed by atoms with van der Waals surface area (Å²) < 4.78 is 3.94. The Bertz CT molecular complexity index is 469. The summed E-state index contributed by atoms with van der Waals surface area (Å²) in [7, 11) is 0. The van der Waals surface area contributed by atoms with Crippen LogP contribution in [0.2, 0.25) is 0 Å². The zero-order valence-corrected chi connectivity index (χ0v) is 14.7. The summed E-state index contributed by atoms with van der Waals surface area (Å²) in [5.74, 6) is 0.502. The molecule has 0 aromatic carbocycles. The molecule has 0 aliphatic heterocycles. The van der Waals surface area contributed by atoms with Crippen molar-refractivity contribution in [3.8, 4) is 0 Å². The van der Waals surface area contributed by atoms with Crippen LogP contribution in [-0.2, 0) is 5.41 Å². The van der Waals surface area contributed by atoms with Gasteiger partial charge < -0.3 is 5.32 Å². The van der Waals surface area contributed by atoms with E-state index in [4.69, 9.17) is 0 Å². The number of nitrogens with zero attached hydrogens (tertiary/aromatic N) is 2. The summed E-state index contributed by atoms with van der Waals surface area (Å²) in [6.45, 7) is 6.89. The normalized spacial score (nSPS) is 23.6. The second-order valence-corrected chi connectivity index (χ2v) is 8.40. The smallest absolute Gasteiger partial charge is 0.264 e. The van der Waals surface area contributed by atoms with Gasteiger partial charge in [-0.1, -0.05) is 54.0 Å². The Labute approximate surface area is 133 Å². The van der Waals surface area contributed by atoms with Crippen molar-refractivity contribution in [3.05, 3.63) is 10.6 Å². The third-order valence-corrected chi connectivity index (χ3v) is 5.68. The van der Waals surface area contributed by atoms with Gasteiger partial charge in [0.15, 0.2) is 0 Å². The highest BCUT2D eigenvalue weighted by atomic mass is 79.9. The maximum atomic E-state index is 12.3. The van der Waals surface area contributed by atoms with Crippen LogP contribution < -0.4 is 5.32 Å². The van der Waals surface area contributed by atoms with E-state index in [1.807, 2.05) is 0 Å². The highest BCUT2D eigenvalue weighted by molar-refractivity contribution is 9.09. The van der Waals surface area contributed by atoms with Gasteiger partial charge in [0, 0.05) is 16.8 Å². The third-order valence-electron chi connectivity index (χ3n) is 3.75. The minimum Gasteiger partial charge on any atom is -0.351 e. The third kappa shape index (κ3) is 3.79. The predicted molar refractivity (Wildman–Crippen MR) is 85.6 cm³/mol. The van der Waals surface area contributed by atoms with Crippen molar-refractivity contribution in [1.82, 2.24) is 14.9 Å². The number of alkyl halides is 1. The van der Waals surface area contributed by atoms with E-state index in [-0.39, 0.29) is 11.3 Å². The van der Waals surface area contributed by atoms with Crippen LogP contribution in [-0.4, -0.2) is 26.9 Å². The molecule has 1 heterocycles. The lowest BCUT2D eigenvalue weighted by Gasteiger charge is -2.27. The first-order valence-electron chi connectivity index (χ1n) is 7.14. The van der Waals surface area contributed by atoms with Crippen LogP contribution in [0.4, 0.5) is 0 Å². The van der Waals surface area contributed by atoms with Crippen LogP contribution in [0.5, 0.6) is 0 Å². The molecule has 0 saturated heterocycles. The van der Waals surface area contributed by atoms with Crippen LogP contribution in [0.25, 0.3) is 0 Å². The summed E-state index contributed by atoms with van der Waals surface area (Å²) in [4.78, 5) is 13.5. The van der Waals surface area contributed by atoms with Gasteiger partial charge in [0.25, 0.3) is 5.91 Å². The molecule has 20 heavy (non-hydrogen) atoms. The van der Waals surface area contributed by atoms with E-state index in [1.54, 1.807) is 0 Å². The number of carbonyl (C=O) groups is 1. The fraction of sp³-hybridized carbons (Fsp3) is 0.786. The van der Waals surface area contributed by atoms with Gasteiger partial charge in [-0.05, 0) is 30.3 Å². The number of hydrogen-bond donors (Lipinski definition) is 1. The zero-order valence-electron chi connectivity index (χ0n) is 12.3. The number of carbonyl (C=O) groups excluding carboxylic acids is 1. The molecule has 2 atom stereocenters. The minimum absolute atomic E-state index is 0.0322. The van der Waals surface area contributed by atoms with E-state index >= 15 is 0 Å². The highest BCUT2D eigenvalue weighted by Gasteiger charge is 2.28. The molecule has 1 aromatic heterocycles. The minimum atomic E-state index is -0.150. The summed E-state index contributed by atoms with van der Waals surface area (Å²) in [6, 6.07) is 0. The van der Waals surface area contributed by atoms with Crippen molar-refractivity contribution in [2.45, 2.75) is 56.7 Å². The number of aromatic nitrogens is 2. The maximum Gasteiger partial charge on any atom is 0.264 e. The Morgan fingerprint density at radius 1 is 1.40 bits per heavy atom. The Morgan fingerprint density at radius 3 is 2.75 bits per heavy atom. The molecule has 0 spiro atoms. The van der Waals surface area contributed by atoms with E-state index in [2.05, 4.69) is 51.6 Å². The molecular weight excluding hydrogens is 338 g/mol. The molecular formula is C14H22BrN3OS. The van der Waals surface area contributed by atoms with Crippen molar-refractivity contribution < 1.29 is 4.79 Å². The molecule has 1 aromatic rings. The largest absolute Gasteiger partial charge is 0.351 e. The summed E-state index contributed by atoms with van der Waals surface area (Å²) in [6.07, 6.45) is 4.93. The van der Waals surface area contributed by atoms with Gasteiger partial charge in [-0.3, -0.25) is 4.79 Å². The number of rotatable bonds is 3. The zero-order chi connectivity index (χ0) is 14.8. The Morgan fingerprint density at radius 2 is 2.10 bits per heavy atom. The van der Waals surface area contributed by atoms with Crippen molar-refractivity contribution in [3.63, 3.8) is 0 Å². The van der Waals surface area contributed by atoms with Crippen LogP contribution >= 0.6 is 27.5 Å². The van der Waals surface area contributed by atoms with Gasteiger partial charge >= 0.3 is 0 Å². The molecule has 2 unspecified atom stereocenters.